The first-order chi connectivity index (χ1) is 5.97. The van der Waals surface area contributed by atoms with E-state index >= 15 is 0 Å². The summed E-state index contributed by atoms with van der Waals surface area (Å²) in [4.78, 5) is 10.8. The summed E-state index contributed by atoms with van der Waals surface area (Å²) in [5.74, 6) is -0.105. The van der Waals surface area contributed by atoms with E-state index in [9.17, 15) is 13.2 Å². The molecule has 0 radical (unpaired) electrons. The van der Waals surface area contributed by atoms with Crippen molar-refractivity contribution in [2.24, 2.45) is 0 Å². The van der Waals surface area contributed by atoms with E-state index in [-0.39, 0.29) is 18.5 Å². The van der Waals surface area contributed by atoms with Gasteiger partial charge in [-0.25, -0.2) is 13.1 Å². The number of carbonyl (C=O) groups excluding carboxylic acids is 1. The summed E-state index contributed by atoms with van der Waals surface area (Å²) < 4.78 is 23.8. The predicted octanol–water partition coefficient (Wildman–Crippen LogP) is -2.38. The van der Waals surface area contributed by atoms with Gasteiger partial charge in [0, 0.05) is 13.1 Å². The fourth-order valence-corrected chi connectivity index (χ4v) is 1.57. The van der Waals surface area contributed by atoms with Gasteiger partial charge in [-0.1, -0.05) is 0 Å². The minimum absolute atomic E-state index is 0.105. The zero-order chi connectivity index (χ0) is 9.90. The Morgan fingerprint density at radius 3 is 2.85 bits per heavy atom. The highest BCUT2D eigenvalue weighted by Gasteiger charge is 2.18. The van der Waals surface area contributed by atoms with Crippen molar-refractivity contribution in [3.8, 4) is 0 Å². The lowest BCUT2D eigenvalue weighted by Gasteiger charge is -2.23. The average Bonchev–Trinajstić information content (AvgIpc) is 2.00. The van der Waals surface area contributed by atoms with Gasteiger partial charge in [0.1, 0.15) is 0 Å². The van der Waals surface area contributed by atoms with Crippen LogP contribution in [0.1, 0.15) is 0 Å². The molecule has 1 fully saturated rings. The van der Waals surface area contributed by atoms with Gasteiger partial charge in [0.15, 0.2) is 0 Å². The number of rotatable bonds is 3. The monoisotopic (exact) mass is 207 g/mol. The van der Waals surface area contributed by atoms with Gasteiger partial charge in [-0.3, -0.25) is 4.79 Å². The first kappa shape index (κ1) is 10.4. The van der Waals surface area contributed by atoms with Gasteiger partial charge in [0.05, 0.1) is 18.8 Å². The Bertz CT molecular complexity index is 287. The predicted molar refractivity (Wildman–Crippen MR) is 47.6 cm³/mol. The van der Waals surface area contributed by atoms with E-state index < -0.39 is 10.0 Å². The highest BCUT2D eigenvalue weighted by atomic mass is 32.2. The number of sulfonamides is 1. The summed E-state index contributed by atoms with van der Waals surface area (Å²) in [6.45, 7) is 1.13. The van der Waals surface area contributed by atoms with E-state index in [4.69, 9.17) is 0 Å². The topological polar surface area (TPSA) is 87.3 Å². The van der Waals surface area contributed by atoms with Crippen LogP contribution in [0.4, 0.5) is 0 Å². The van der Waals surface area contributed by atoms with Gasteiger partial charge >= 0.3 is 0 Å². The summed E-state index contributed by atoms with van der Waals surface area (Å²) in [6, 6.07) is -0.157. The van der Waals surface area contributed by atoms with Gasteiger partial charge in [-0.2, -0.15) is 0 Å². The van der Waals surface area contributed by atoms with Crippen LogP contribution in [0.3, 0.4) is 0 Å². The number of nitrogens with one attached hydrogen (secondary N) is 3. The zero-order valence-electron chi connectivity index (χ0n) is 7.33. The van der Waals surface area contributed by atoms with Gasteiger partial charge < -0.3 is 10.6 Å². The zero-order valence-corrected chi connectivity index (χ0v) is 8.15. The van der Waals surface area contributed by atoms with Crippen molar-refractivity contribution in [2.45, 2.75) is 6.04 Å². The summed E-state index contributed by atoms with van der Waals surface area (Å²) in [7, 11) is -3.17. The molecule has 1 saturated heterocycles. The van der Waals surface area contributed by atoms with E-state index in [2.05, 4.69) is 15.4 Å². The Morgan fingerprint density at radius 2 is 2.31 bits per heavy atom. The first-order valence-corrected chi connectivity index (χ1v) is 5.81. The summed E-state index contributed by atoms with van der Waals surface area (Å²) in [5.41, 5.74) is 0. The molecule has 0 bridgehead atoms. The van der Waals surface area contributed by atoms with Crippen LogP contribution in [0.2, 0.25) is 0 Å². The highest BCUT2D eigenvalue weighted by Crippen LogP contribution is 1.87. The van der Waals surface area contributed by atoms with Crippen LogP contribution < -0.4 is 15.4 Å². The van der Waals surface area contributed by atoms with Gasteiger partial charge in [-0.15, -0.1) is 0 Å². The lowest BCUT2D eigenvalue weighted by atomic mass is 10.2. The standard InChI is InChI=1S/C6H13N3O3S/c1-13(11,12)8-3-5-2-7-4-6(10)9-5/h5,7-8H,2-4H2,1H3,(H,9,10)/t5-/m0/s1. The van der Waals surface area contributed by atoms with Crippen LogP contribution in [0, 0.1) is 0 Å². The maximum absolute atomic E-state index is 10.8. The van der Waals surface area contributed by atoms with Crippen molar-refractivity contribution in [2.75, 3.05) is 25.9 Å². The third-order valence-corrected chi connectivity index (χ3v) is 2.32. The first-order valence-electron chi connectivity index (χ1n) is 3.92. The van der Waals surface area contributed by atoms with Gasteiger partial charge in [0.25, 0.3) is 0 Å². The molecular formula is C6H13N3O3S. The molecule has 3 N–H and O–H groups in total. The van der Waals surface area contributed by atoms with E-state index in [0.29, 0.717) is 13.1 Å². The molecule has 6 nitrogen and oxygen atoms in total. The number of carbonyl (C=O) groups is 1. The van der Waals surface area contributed by atoms with Crippen molar-refractivity contribution < 1.29 is 13.2 Å². The fraction of sp³-hybridized carbons (Fsp3) is 0.833. The second kappa shape index (κ2) is 4.03. The largest absolute Gasteiger partial charge is 0.350 e. The summed E-state index contributed by atoms with van der Waals surface area (Å²) in [6.07, 6.45) is 1.09. The molecule has 1 heterocycles. The summed E-state index contributed by atoms with van der Waals surface area (Å²) >= 11 is 0. The molecule has 1 aliphatic rings. The van der Waals surface area contributed by atoms with Crippen LogP contribution in [0.25, 0.3) is 0 Å². The van der Waals surface area contributed by atoms with Gasteiger partial charge in [-0.05, 0) is 0 Å². The Balaban J connectivity index is 2.33. The lowest BCUT2D eigenvalue weighted by molar-refractivity contribution is -0.122. The maximum Gasteiger partial charge on any atom is 0.234 e. The molecule has 1 aliphatic heterocycles. The molecule has 0 aliphatic carbocycles. The van der Waals surface area contributed by atoms with Gasteiger partial charge in [0.2, 0.25) is 15.9 Å². The molecule has 13 heavy (non-hydrogen) atoms. The molecule has 76 valence electrons. The number of hydrogen-bond donors (Lipinski definition) is 3. The second-order valence-corrected chi connectivity index (χ2v) is 4.85. The van der Waals surface area contributed by atoms with Crippen LogP contribution >= 0.6 is 0 Å². The van der Waals surface area contributed by atoms with Crippen molar-refractivity contribution >= 4 is 15.9 Å². The Labute approximate surface area is 77.1 Å². The Morgan fingerprint density at radius 1 is 1.62 bits per heavy atom. The molecular weight excluding hydrogens is 194 g/mol. The fourth-order valence-electron chi connectivity index (χ4n) is 1.06. The minimum Gasteiger partial charge on any atom is -0.350 e. The molecule has 7 heteroatoms. The smallest absolute Gasteiger partial charge is 0.234 e. The molecule has 0 unspecified atom stereocenters. The Hall–Kier alpha value is -0.660. The number of amides is 1. The van der Waals surface area contributed by atoms with E-state index in [1.165, 1.54) is 0 Å². The molecule has 0 aromatic carbocycles. The molecule has 0 saturated carbocycles. The van der Waals surface area contributed by atoms with Crippen LogP contribution in [-0.4, -0.2) is 46.3 Å². The van der Waals surface area contributed by atoms with Crippen molar-refractivity contribution in [3.05, 3.63) is 0 Å². The van der Waals surface area contributed by atoms with Crippen molar-refractivity contribution in [1.29, 1.82) is 0 Å². The minimum atomic E-state index is -3.17. The average molecular weight is 207 g/mol. The van der Waals surface area contributed by atoms with Crippen molar-refractivity contribution in [1.82, 2.24) is 15.4 Å². The second-order valence-electron chi connectivity index (χ2n) is 3.02. The van der Waals surface area contributed by atoms with E-state index in [1.807, 2.05) is 0 Å². The number of piperazine rings is 1. The molecule has 0 aromatic rings. The highest BCUT2D eigenvalue weighted by molar-refractivity contribution is 7.88. The quantitative estimate of drug-likeness (QED) is 0.482. The SMILES string of the molecule is CS(=O)(=O)NC[C@@H]1CNCC(=O)N1. The van der Waals surface area contributed by atoms with Crippen LogP contribution in [0.15, 0.2) is 0 Å². The molecule has 1 amide bonds. The summed E-state index contributed by atoms with van der Waals surface area (Å²) in [5, 5.41) is 5.53. The number of hydrogen-bond acceptors (Lipinski definition) is 4. The van der Waals surface area contributed by atoms with E-state index in [1.54, 1.807) is 0 Å². The third-order valence-electron chi connectivity index (χ3n) is 1.63. The maximum atomic E-state index is 10.8. The van der Waals surface area contributed by atoms with Crippen molar-refractivity contribution in [3.63, 3.8) is 0 Å². The van der Waals surface area contributed by atoms with Crippen LogP contribution in [-0.2, 0) is 14.8 Å². The Kier molecular flexibility index (Phi) is 3.23. The molecule has 0 aromatic heterocycles. The normalized spacial score (nSPS) is 24.1. The molecule has 0 spiro atoms. The third kappa shape index (κ3) is 4.20. The molecule has 1 atom stereocenters. The van der Waals surface area contributed by atoms with E-state index in [0.717, 1.165) is 6.26 Å². The molecule has 1 rings (SSSR count). The lowest BCUT2D eigenvalue weighted by Crippen LogP contribution is -2.56. The van der Waals surface area contributed by atoms with Crippen LogP contribution in [0.5, 0.6) is 0 Å².